The summed E-state index contributed by atoms with van der Waals surface area (Å²) < 4.78 is 0. The van der Waals surface area contributed by atoms with Crippen LogP contribution in [0.15, 0.2) is 48.5 Å². The molecule has 9 heteroatoms. The zero-order chi connectivity index (χ0) is 22.5. The Balaban J connectivity index is 1.34. The van der Waals surface area contributed by atoms with E-state index in [0.717, 1.165) is 31.6 Å². The van der Waals surface area contributed by atoms with Crippen molar-refractivity contribution in [1.29, 1.82) is 0 Å². The maximum absolute atomic E-state index is 13.0. The molecule has 0 radical (unpaired) electrons. The number of benzene rings is 2. The van der Waals surface area contributed by atoms with Gasteiger partial charge in [-0.15, -0.1) is 0 Å². The summed E-state index contributed by atoms with van der Waals surface area (Å²) in [5.74, 6) is -0.307. The number of nitro groups is 1. The van der Waals surface area contributed by atoms with Crippen molar-refractivity contribution in [2.75, 3.05) is 56.0 Å². The number of nitrogens with one attached hydrogen (secondary N) is 1. The largest absolute Gasteiger partial charge is 0.366 e. The second-order valence-electron chi connectivity index (χ2n) is 8.14. The lowest BCUT2D eigenvalue weighted by Crippen LogP contribution is -2.50. The maximum Gasteiger partial charge on any atom is 0.293 e. The Morgan fingerprint density at radius 1 is 0.938 bits per heavy atom. The van der Waals surface area contributed by atoms with Gasteiger partial charge >= 0.3 is 0 Å². The summed E-state index contributed by atoms with van der Waals surface area (Å²) in [7, 11) is 0. The fourth-order valence-electron chi connectivity index (χ4n) is 4.24. The Kier molecular flexibility index (Phi) is 6.65. The molecule has 2 aromatic rings. The van der Waals surface area contributed by atoms with Crippen LogP contribution in [0.2, 0.25) is 0 Å². The number of para-hydroxylation sites is 1. The van der Waals surface area contributed by atoms with Crippen LogP contribution in [0.3, 0.4) is 0 Å². The molecule has 0 spiro atoms. The van der Waals surface area contributed by atoms with Crippen molar-refractivity contribution in [2.45, 2.75) is 12.8 Å². The Bertz CT molecular complexity index is 983. The van der Waals surface area contributed by atoms with Crippen LogP contribution >= 0.6 is 0 Å². The highest BCUT2D eigenvalue weighted by atomic mass is 16.6. The molecule has 2 aliphatic rings. The van der Waals surface area contributed by atoms with E-state index in [9.17, 15) is 19.7 Å². The first kappa shape index (κ1) is 21.8. The van der Waals surface area contributed by atoms with Crippen molar-refractivity contribution < 1.29 is 14.5 Å². The standard InChI is InChI=1S/C23H27N5O4/c29-22(24-19-6-2-1-3-7-19)17-25-12-14-27(15-13-25)23(30)18-8-9-20(21(16-18)28(31)32)26-10-4-5-11-26/h1-3,6-9,16H,4-5,10-15,17H2,(H,24,29). The summed E-state index contributed by atoms with van der Waals surface area (Å²) in [6, 6.07) is 14.1. The fraction of sp³-hybridized carbons (Fsp3) is 0.391. The summed E-state index contributed by atoms with van der Waals surface area (Å²) in [6.07, 6.45) is 2.04. The molecule has 0 aliphatic carbocycles. The van der Waals surface area contributed by atoms with Gasteiger partial charge in [0.05, 0.1) is 11.5 Å². The second-order valence-corrected chi connectivity index (χ2v) is 8.14. The summed E-state index contributed by atoms with van der Waals surface area (Å²) in [6.45, 7) is 3.94. The van der Waals surface area contributed by atoms with E-state index in [1.807, 2.05) is 40.1 Å². The van der Waals surface area contributed by atoms with E-state index < -0.39 is 4.92 Å². The zero-order valence-electron chi connectivity index (χ0n) is 17.9. The number of rotatable bonds is 6. The molecule has 0 atom stereocenters. The lowest BCUT2D eigenvalue weighted by Gasteiger charge is -2.34. The molecule has 2 amide bonds. The van der Waals surface area contributed by atoms with E-state index in [0.29, 0.717) is 37.4 Å². The van der Waals surface area contributed by atoms with E-state index >= 15 is 0 Å². The lowest BCUT2D eigenvalue weighted by molar-refractivity contribution is -0.384. The van der Waals surface area contributed by atoms with E-state index in [-0.39, 0.29) is 24.0 Å². The summed E-state index contributed by atoms with van der Waals surface area (Å²) in [5, 5.41) is 14.5. The Morgan fingerprint density at radius 3 is 2.28 bits per heavy atom. The normalized spacial score (nSPS) is 16.8. The van der Waals surface area contributed by atoms with Gasteiger partial charge in [-0.2, -0.15) is 0 Å². The Morgan fingerprint density at radius 2 is 1.62 bits per heavy atom. The molecule has 9 nitrogen and oxygen atoms in total. The van der Waals surface area contributed by atoms with Gasteiger partial charge < -0.3 is 15.1 Å². The van der Waals surface area contributed by atoms with Crippen LogP contribution in [0, 0.1) is 10.1 Å². The molecule has 1 N–H and O–H groups in total. The lowest BCUT2D eigenvalue weighted by atomic mass is 10.1. The van der Waals surface area contributed by atoms with Gasteiger partial charge in [-0.3, -0.25) is 24.6 Å². The minimum absolute atomic E-state index is 0.0195. The molecule has 2 saturated heterocycles. The van der Waals surface area contributed by atoms with E-state index in [1.165, 1.54) is 6.07 Å². The minimum atomic E-state index is -0.409. The molecule has 2 fully saturated rings. The van der Waals surface area contributed by atoms with E-state index in [2.05, 4.69) is 5.32 Å². The first-order chi connectivity index (χ1) is 15.5. The number of nitro benzene ring substituents is 1. The molecule has 0 aromatic heterocycles. The average molecular weight is 438 g/mol. The van der Waals surface area contributed by atoms with Crippen LogP contribution in [0.25, 0.3) is 0 Å². The molecule has 2 aromatic carbocycles. The van der Waals surface area contributed by atoms with Crippen molar-refractivity contribution in [3.05, 3.63) is 64.2 Å². The smallest absolute Gasteiger partial charge is 0.293 e. The number of carbonyl (C=O) groups excluding carboxylic acids is 2. The Hall–Kier alpha value is -3.46. The van der Waals surface area contributed by atoms with Crippen molar-refractivity contribution in [2.24, 2.45) is 0 Å². The third-order valence-corrected chi connectivity index (χ3v) is 5.95. The highest BCUT2D eigenvalue weighted by Gasteiger charge is 2.27. The van der Waals surface area contributed by atoms with Gasteiger partial charge in [0.2, 0.25) is 5.91 Å². The van der Waals surface area contributed by atoms with Gasteiger partial charge in [0.15, 0.2) is 0 Å². The first-order valence-electron chi connectivity index (χ1n) is 10.9. The van der Waals surface area contributed by atoms with Crippen molar-refractivity contribution >= 4 is 28.9 Å². The van der Waals surface area contributed by atoms with E-state index in [1.54, 1.807) is 17.0 Å². The van der Waals surface area contributed by atoms with Crippen LogP contribution in [0.1, 0.15) is 23.2 Å². The summed E-state index contributed by atoms with van der Waals surface area (Å²) >= 11 is 0. The topological polar surface area (TPSA) is 99.0 Å². The number of hydrogen-bond acceptors (Lipinski definition) is 6. The molecule has 0 unspecified atom stereocenters. The number of anilines is 2. The summed E-state index contributed by atoms with van der Waals surface area (Å²) in [5.41, 5.74) is 1.65. The zero-order valence-corrected chi connectivity index (χ0v) is 17.9. The maximum atomic E-state index is 13.0. The highest BCUT2D eigenvalue weighted by Crippen LogP contribution is 2.32. The number of amides is 2. The molecule has 32 heavy (non-hydrogen) atoms. The van der Waals surface area contributed by atoms with Crippen LogP contribution in [0.4, 0.5) is 17.1 Å². The molecule has 0 saturated carbocycles. The molecular weight excluding hydrogens is 410 g/mol. The quantitative estimate of drug-likeness (QED) is 0.551. The predicted octanol–water partition coefficient (Wildman–Crippen LogP) is 2.59. The SMILES string of the molecule is O=C(CN1CCN(C(=O)c2ccc(N3CCCC3)c([N+](=O)[O-])c2)CC1)Nc1ccccc1. The highest BCUT2D eigenvalue weighted by molar-refractivity contribution is 5.96. The molecule has 4 rings (SSSR count). The van der Waals surface area contributed by atoms with Crippen LogP contribution < -0.4 is 10.2 Å². The van der Waals surface area contributed by atoms with Crippen LogP contribution in [0.5, 0.6) is 0 Å². The van der Waals surface area contributed by atoms with Gasteiger partial charge in [0.1, 0.15) is 5.69 Å². The van der Waals surface area contributed by atoms with Crippen LogP contribution in [-0.4, -0.2) is 72.4 Å². The van der Waals surface area contributed by atoms with Crippen molar-refractivity contribution in [3.8, 4) is 0 Å². The van der Waals surface area contributed by atoms with E-state index in [4.69, 9.17) is 0 Å². The van der Waals surface area contributed by atoms with Gasteiger partial charge in [-0.1, -0.05) is 18.2 Å². The third kappa shape index (κ3) is 5.05. The van der Waals surface area contributed by atoms with Crippen molar-refractivity contribution in [1.82, 2.24) is 9.80 Å². The van der Waals surface area contributed by atoms with Gasteiger partial charge in [-0.05, 0) is 37.1 Å². The van der Waals surface area contributed by atoms with Gasteiger partial charge in [0.25, 0.3) is 11.6 Å². The molecular formula is C23H27N5O4. The van der Waals surface area contributed by atoms with Gasteiger partial charge in [0, 0.05) is 56.6 Å². The summed E-state index contributed by atoms with van der Waals surface area (Å²) in [4.78, 5) is 42.1. The van der Waals surface area contributed by atoms with Crippen LogP contribution in [-0.2, 0) is 4.79 Å². The fourth-order valence-corrected chi connectivity index (χ4v) is 4.24. The molecule has 0 bridgehead atoms. The average Bonchev–Trinajstić information content (AvgIpc) is 3.34. The predicted molar refractivity (Wildman–Crippen MR) is 122 cm³/mol. The number of hydrogen-bond donors (Lipinski definition) is 1. The van der Waals surface area contributed by atoms with Crippen molar-refractivity contribution in [3.63, 3.8) is 0 Å². The number of nitrogens with zero attached hydrogens (tertiary/aromatic N) is 4. The Labute approximate surface area is 186 Å². The number of piperazine rings is 1. The second kappa shape index (κ2) is 9.78. The molecule has 168 valence electrons. The van der Waals surface area contributed by atoms with Gasteiger partial charge in [-0.25, -0.2) is 0 Å². The monoisotopic (exact) mass is 437 g/mol. The minimum Gasteiger partial charge on any atom is -0.366 e. The third-order valence-electron chi connectivity index (χ3n) is 5.95. The molecule has 2 heterocycles. The molecule has 2 aliphatic heterocycles. The number of carbonyl (C=O) groups is 2. The first-order valence-corrected chi connectivity index (χ1v) is 10.9.